The fourth-order valence-corrected chi connectivity index (χ4v) is 4.46. The van der Waals surface area contributed by atoms with Crippen molar-refractivity contribution in [1.29, 1.82) is 0 Å². The van der Waals surface area contributed by atoms with Crippen LogP contribution in [0.3, 0.4) is 0 Å². The first-order valence-corrected chi connectivity index (χ1v) is 8.32. The average Bonchev–Trinajstić information content (AvgIpc) is 3.10. The van der Waals surface area contributed by atoms with E-state index in [1.165, 1.54) is 0 Å². The number of nitrogen functional groups attached to an aromatic ring is 1. The summed E-state index contributed by atoms with van der Waals surface area (Å²) < 4.78 is 0. The number of aromatic nitrogens is 1. The minimum atomic E-state index is -0.204. The predicted molar refractivity (Wildman–Crippen MR) is 92.1 cm³/mol. The second-order valence-corrected chi connectivity index (χ2v) is 6.61. The zero-order chi connectivity index (χ0) is 16.0. The van der Waals surface area contributed by atoms with Crippen molar-refractivity contribution in [3.63, 3.8) is 0 Å². The van der Waals surface area contributed by atoms with Gasteiger partial charge in [-0.3, -0.25) is 19.6 Å². The van der Waals surface area contributed by atoms with E-state index >= 15 is 0 Å². The zero-order valence-corrected chi connectivity index (χ0v) is 13.5. The number of hydrogen-bond donors (Lipinski definition) is 1. The molecule has 1 amide bonds. The van der Waals surface area contributed by atoms with E-state index in [0.717, 1.165) is 55.4 Å². The van der Waals surface area contributed by atoms with E-state index in [2.05, 4.69) is 9.88 Å². The Kier molecular flexibility index (Phi) is 3.27. The summed E-state index contributed by atoms with van der Waals surface area (Å²) in [6.45, 7) is 3.76. The lowest BCUT2D eigenvalue weighted by atomic mass is 10.00. The lowest BCUT2D eigenvalue weighted by molar-refractivity contribution is -0.118. The Hall–Kier alpha value is -2.14. The van der Waals surface area contributed by atoms with Gasteiger partial charge >= 0.3 is 0 Å². The first kappa shape index (κ1) is 14.5. The molecule has 2 aliphatic heterocycles. The number of benzene rings is 1. The summed E-state index contributed by atoms with van der Waals surface area (Å²) in [5, 5.41) is 0.912. The van der Waals surface area contributed by atoms with Gasteiger partial charge in [0.1, 0.15) is 5.66 Å². The van der Waals surface area contributed by atoms with Gasteiger partial charge in [0.25, 0.3) is 0 Å². The van der Waals surface area contributed by atoms with Gasteiger partial charge in [-0.1, -0.05) is 18.2 Å². The normalized spacial score (nSPS) is 19.9. The first-order chi connectivity index (χ1) is 11.1. The quantitative estimate of drug-likeness (QED) is 0.926. The van der Waals surface area contributed by atoms with E-state index in [0.29, 0.717) is 5.69 Å². The molecule has 0 bridgehead atoms. The summed E-state index contributed by atoms with van der Waals surface area (Å²) >= 11 is 0. The first-order valence-electron chi connectivity index (χ1n) is 8.32. The molecule has 0 saturated carbocycles. The smallest absolute Gasteiger partial charge is 0.225 e. The summed E-state index contributed by atoms with van der Waals surface area (Å²) in [5.41, 5.74) is 8.52. The fourth-order valence-electron chi connectivity index (χ4n) is 4.46. The molecule has 4 rings (SSSR count). The van der Waals surface area contributed by atoms with Crippen molar-refractivity contribution in [3.8, 4) is 0 Å². The van der Waals surface area contributed by atoms with Crippen molar-refractivity contribution < 1.29 is 4.79 Å². The minimum absolute atomic E-state index is 0.0441. The summed E-state index contributed by atoms with van der Waals surface area (Å²) in [4.78, 5) is 21.5. The van der Waals surface area contributed by atoms with Crippen LogP contribution in [0.25, 0.3) is 10.9 Å². The summed E-state index contributed by atoms with van der Waals surface area (Å²) in [5.74, 6) is 0.0441. The van der Waals surface area contributed by atoms with E-state index in [9.17, 15) is 4.79 Å². The van der Waals surface area contributed by atoms with Gasteiger partial charge in [0.05, 0.1) is 23.1 Å². The molecule has 2 fully saturated rings. The molecule has 1 aromatic heterocycles. The molecule has 0 unspecified atom stereocenters. The van der Waals surface area contributed by atoms with Crippen LogP contribution in [0, 0.1) is 0 Å². The van der Waals surface area contributed by atoms with Crippen LogP contribution in [0.5, 0.6) is 0 Å². The van der Waals surface area contributed by atoms with Gasteiger partial charge in [-0.15, -0.1) is 0 Å². The maximum absolute atomic E-state index is 12.6. The van der Waals surface area contributed by atoms with Crippen LogP contribution in [0.1, 0.15) is 32.6 Å². The van der Waals surface area contributed by atoms with E-state index < -0.39 is 0 Å². The van der Waals surface area contributed by atoms with Gasteiger partial charge in [-0.05, 0) is 31.7 Å². The molecule has 2 saturated heterocycles. The number of rotatable bonds is 2. The molecule has 1 aromatic carbocycles. The number of amides is 1. The highest BCUT2D eigenvalue weighted by Gasteiger charge is 2.50. The molecular formula is C18H22N4O. The third-order valence-corrected chi connectivity index (χ3v) is 5.37. The van der Waals surface area contributed by atoms with Gasteiger partial charge in [-0.25, -0.2) is 0 Å². The summed E-state index contributed by atoms with van der Waals surface area (Å²) in [7, 11) is 0. The van der Waals surface area contributed by atoms with E-state index in [1.807, 2.05) is 29.2 Å². The Morgan fingerprint density at radius 1 is 1.26 bits per heavy atom. The zero-order valence-electron chi connectivity index (χ0n) is 13.5. The number of carbonyl (C=O) groups is 1. The summed E-state index contributed by atoms with van der Waals surface area (Å²) in [6.07, 6.45) is 6.05. The van der Waals surface area contributed by atoms with Crippen molar-refractivity contribution in [1.82, 2.24) is 9.88 Å². The van der Waals surface area contributed by atoms with Crippen LogP contribution in [-0.4, -0.2) is 34.5 Å². The third-order valence-electron chi connectivity index (χ3n) is 5.37. The fraction of sp³-hybridized carbons (Fsp3) is 0.444. The maximum Gasteiger partial charge on any atom is 0.225 e. The third kappa shape index (κ3) is 2.03. The van der Waals surface area contributed by atoms with E-state index in [1.54, 1.807) is 13.1 Å². The highest BCUT2D eigenvalue weighted by atomic mass is 16.2. The number of pyridine rings is 1. The molecule has 5 nitrogen and oxygen atoms in total. The second kappa shape index (κ2) is 5.20. The number of carbonyl (C=O) groups excluding carboxylic acids is 1. The highest BCUT2D eigenvalue weighted by molar-refractivity contribution is 6.03. The molecule has 2 aromatic rings. The number of fused-ring (bicyclic) bond motifs is 2. The van der Waals surface area contributed by atoms with Crippen molar-refractivity contribution in [3.05, 3.63) is 30.5 Å². The largest absolute Gasteiger partial charge is 0.396 e. The number of nitrogens with zero attached hydrogens (tertiary/aromatic N) is 3. The number of nitrogens with two attached hydrogens (primary N) is 1. The predicted octanol–water partition coefficient (Wildman–Crippen LogP) is 2.76. The number of para-hydroxylation sites is 1. The molecule has 0 aliphatic carbocycles. The van der Waals surface area contributed by atoms with Gasteiger partial charge in [-0.2, -0.15) is 0 Å². The van der Waals surface area contributed by atoms with Crippen LogP contribution >= 0.6 is 0 Å². The van der Waals surface area contributed by atoms with Gasteiger partial charge < -0.3 is 5.73 Å². The average molecular weight is 310 g/mol. The second-order valence-electron chi connectivity index (χ2n) is 6.61. The minimum Gasteiger partial charge on any atom is -0.396 e. The monoisotopic (exact) mass is 310 g/mol. The molecule has 23 heavy (non-hydrogen) atoms. The molecule has 0 radical (unpaired) electrons. The highest BCUT2D eigenvalue weighted by Crippen LogP contribution is 2.45. The molecule has 5 heteroatoms. The Labute approximate surface area is 136 Å². The van der Waals surface area contributed by atoms with Crippen molar-refractivity contribution in [2.24, 2.45) is 0 Å². The maximum atomic E-state index is 12.6. The topological polar surface area (TPSA) is 62.5 Å². The van der Waals surface area contributed by atoms with E-state index in [-0.39, 0.29) is 11.6 Å². The number of anilines is 2. The summed E-state index contributed by atoms with van der Waals surface area (Å²) in [6, 6.07) is 7.82. The lowest BCUT2D eigenvalue weighted by Gasteiger charge is -2.43. The van der Waals surface area contributed by atoms with Gasteiger partial charge in [0.2, 0.25) is 5.91 Å². The number of hydrogen-bond acceptors (Lipinski definition) is 4. The molecule has 3 heterocycles. The molecule has 0 atom stereocenters. The van der Waals surface area contributed by atoms with Crippen LogP contribution in [0.4, 0.5) is 11.4 Å². The molecule has 0 spiro atoms. The molecule has 2 aliphatic rings. The Balaban J connectivity index is 1.89. The van der Waals surface area contributed by atoms with E-state index in [4.69, 9.17) is 5.73 Å². The molecule has 2 N–H and O–H groups in total. The van der Waals surface area contributed by atoms with Crippen LogP contribution in [0.15, 0.2) is 30.5 Å². The Morgan fingerprint density at radius 2 is 1.96 bits per heavy atom. The molecular weight excluding hydrogens is 288 g/mol. The SMILES string of the molecule is CC(=O)N(c1cnc2ccccc2c1N)C12CCCN1CCC2. The molecule has 120 valence electrons. The van der Waals surface area contributed by atoms with Crippen molar-refractivity contribution >= 4 is 28.2 Å². The Morgan fingerprint density at radius 3 is 2.65 bits per heavy atom. The van der Waals surface area contributed by atoms with Crippen LogP contribution < -0.4 is 10.6 Å². The van der Waals surface area contributed by atoms with Crippen LogP contribution in [0.2, 0.25) is 0 Å². The van der Waals surface area contributed by atoms with Crippen molar-refractivity contribution in [2.45, 2.75) is 38.3 Å². The van der Waals surface area contributed by atoms with Gasteiger partial charge in [0.15, 0.2) is 0 Å². The van der Waals surface area contributed by atoms with Crippen molar-refractivity contribution in [2.75, 3.05) is 23.7 Å². The van der Waals surface area contributed by atoms with Gasteiger partial charge in [0, 0.05) is 25.4 Å². The Bertz CT molecular complexity index is 763. The lowest BCUT2D eigenvalue weighted by Crippen LogP contribution is -2.56. The van der Waals surface area contributed by atoms with Crippen LogP contribution in [-0.2, 0) is 4.79 Å². The standard InChI is InChI=1S/C18H22N4O/c1-13(23)22(18-8-4-10-21(18)11-5-9-18)16-12-20-15-7-3-2-6-14(15)17(16)19/h2-3,6-7,12H,4-5,8-11H2,1H3,(H2,19,20).